The molecule has 154 valence electrons. The third kappa shape index (κ3) is 4.63. The molecule has 0 radical (unpaired) electrons. The Morgan fingerprint density at radius 1 is 0.767 bits per heavy atom. The van der Waals surface area contributed by atoms with Crippen molar-refractivity contribution in [3.8, 4) is 0 Å². The molecular formula is C25H24Cl2N2O. The number of nitrogens with zero attached hydrogens (tertiary/aromatic N) is 2. The van der Waals surface area contributed by atoms with Gasteiger partial charge in [0.05, 0.1) is 15.7 Å². The van der Waals surface area contributed by atoms with Crippen LogP contribution in [0.1, 0.15) is 23.5 Å². The first-order valence-corrected chi connectivity index (χ1v) is 11.0. The van der Waals surface area contributed by atoms with E-state index in [9.17, 15) is 4.79 Å². The maximum absolute atomic E-state index is 13.2. The van der Waals surface area contributed by atoms with E-state index in [0.29, 0.717) is 29.6 Å². The maximum atomic E-state index is 13.2. The molecule has 1 saturated heterocycles. The van der Waals surface area contributed by atoms with Crippen LogP contribution in [0.5, 0.6) is 0 Å². The van der Waals surface area contributed by atoms with Gasteiger partial charge in [0.2, 0.25) is 5.91 Å². The predicted molar refractivity (Wildman–Crippen MR) is 125 cm³/mol. The second kappa shape index (κ2) is 9.55. The molecule has 0 saturated carbocycles. The highest BCUT2D eigenvalue weighted by Crippen LogP contribution is 2.33. The Labute approximate surface area is 187 Å². The first kappa shape index (κ1) is 20.8. The number of carbonyl (C=O) groups excluding carboxylic acids is 1. The highest BCUT2D eigenvalue weighted by molar-refractivity contribution is 6.43. The first-order valence-electron chi connectivity index (χ1n) is 10.2. The van der Waals surface area contributed by atoms with Crippen LogP contribution < -0.4 is 4.90 Å². The number of amides is 1. The van der Waals surface area contributed by atoms with Gasteiger partial charge in [0.1, 0.15) is 0 Å². The number of benzene rings is 3. The number of rotatable bonds is 5. The Balaban J connectivity index is 1.45. The van der Waals surface area contributed by atoms with Crippen molar-refractivity contribution < 1.29 is 4.79 Å². The lowest BCUT2D eigenvalue weighted by Gasteiger charge is -2.37. The van der Waals surface area contributed by atoms with Crippen LogP contribution >= 0.6 is 23.2 Å². The van der Waals surface area contributed by atoms with Crippen molar-refractivity contribution in [3.63, 3.8) is 0 Å². The van der Waals surface area contributed by atoms with Gasteiger partial charge in [-0.15, -0.1) is 0 Å². The van der Waals surface area contributed by atoms with Gasteiger partial charge in [-0.1, -0.05) is 89.9 Å². The quantitative estimate of drug-likeness (QED) is 0.497. The SMILES string of the molecule is O=C(CC(c1ccccc1)c1ccccc1)N1CCN(c2cccc(Cl)c2Cl)CC1. The molecule has 30 heavy (non-hydrogen) atoms. The monoisotopic (exact) mass is 438 g/mol. The summed E-state index contributed by atoms with van der Waals surface area (Å²) < 4.78 is 0. The maximum Gasteiger partial charge on any atom is 0.223 e. The molecule has 0 aliphatic carbocycles. The van der Waals surface area contributed by atoms with Gasteiger partial charge < -0.3 is 9.80 Å². The standard InChI is InChI=1S/C25H24Cl2N2O/c26-22-12-7-13-23(25(22)27)28-14-16-29(17-15-28)24(30)18-21(19-8-3-1-4-9-19)20-10-5-2-6-11-20/h1-13,21H,14-18H2. The zero-order valence-corrected chi connectivity index (χ0v) is 18.2. The second-order valence-corrected chi connectivity index (χ2v) is 8.30. The lowest BCUT2D eigenvalue weighted by atomic mass is 9.88. The largest absolute Gasteiger partial charge is 0.367 e. The van der Waals surface area contributed by atoms with Crippen LogP contribution in [-0.4, -0.2) is 37.0 Å². The van der Waals surface area contributed by atoms with Crippen LogP contribution in [0.4, 0.5) is 5.69 Å². The van der Waals surface area contributed by atoms with Gasteiger partial charge in [-0.25, -0.2) is 0 Å². The molecular weight excluding hydrogens is 415 g/mol. The summed E-state index contributed by atoms with van der Waals surface area (Å²) in [5, 5.41) is 1.13. The number of hydrogen-bond acceptors (Lipinski definition) is 2. The average Bonchev–Trinajstić information content (AvgIpc) is 2.80. The van der Waals surface area contributed by atoms with Crippen LogP contribution in [-0.2, 0) is 4.79 Å². The van der Waals surface area contributed by atoms with Gasteiger partial charge in [0, 0.05) is 38.5 Å². The summed E-state index contributed by atoms with van der Waals surface area (Å²) in [7, 11) is 0. The van der Waals surface area contributed by atoms with Crippen LogP contribution in [0.25, 0.3) is 0 Å². The number of piperazine rings is 1. The smallest absolute Gasteiger partial charge is 0.223 e. The Morgan fingerprint density at radius 2 is 1.33 bits per heavy atom. The summed E-state index contributed by atoms with van der Waals surface area (Å²) in [5.74, 6) is 0.241. The van der Waals surface area contributed by atoms with E-state index in [1.807, 2.05) is 53.4 Å². The summed E-state index contributed by atoms with van der Waals surface area (Å²) in [5.41, 5.74) is 3.27. The molecule has 1 fully saturated rings. The summed E-state index contributed by atoms with van der Waals surface area (Å²) in [4.78, 5) is 17.3. The predicted octanol–water partition coefficient (Wildman–Crippen LogP) is 5.86. The van der Waals surface area contributed by atoms with Crippen LogP contribution in [0, 0.1) is 0 Å². The number of halogens is 2. The normalized spacial score (nSPS) is 14.2. The molecule has 0 spiro atoms. The first-order chi connectivity index (χ1) is 14.6. The zero-order valence-electron chi connectivity index (χ0n) is 16.7. The minimum absolute atomic E-state index is 0.0558. The van der Waals surface area contributed by atoms with Gasteiger partial charge in [-0.05, 0) is 23.3 Å². The Morgan fingerprint density at radius 3 is 1.90 bits per heavy atom. The van der Waals surface area contributed by atoms with E-state index in [1.54, 1.807) is 6.07 Å². The lowest BCUT2D eigenvalue weighted by molar-refractivity contribution is -0.131. The molecule has 0 bridgehead atoms. The molecule has 0 N–H and O–H groups in total. The van der Waals surface area contributed by atoms with Gasteiger partial charge in [0.25, 0.3) is 0 Å². The fraction of sp³-hybridized carbons (Fsp3) is 0.240. The van der Waals surface area contributed by atoms with E-state index in [1.165, 1.54) is 11.1 Å². The molecule has 0 atom stereocenters. The Hall–Kier alpha value is -2.49. The Bertz CT molecular complexity index is 947. The van der Waals surface area contributed by atoms with E-state index < -0.39 is 0 Å². The van der Waals surface area contributed by atoms with Crippen molar-refractivity contribution in [1.29, 1.82) is 0 Å². The van der Waals surface area contributed by atoms with Crippen LogP contribution in [0.2, 0.25) is 10.0 Å². The molecule has 1 aliphatic rings. The summed E-state index contributed by atoms with van der Waals surface area (Å²) >= 11 is 12.5. The number of carbonyl (C=O) groups is 1. The van der Waals surface area contributed by atoms with Crippen molar-refractivity contribution >= 4 is 34.8 Å². The molecule has 3 aromatic carbocycles. The lowest BCUT2D eigenvalue weighted by Crippen LogP contribution is -2.49. The summed E-state index contributed by atoms with van der Waals surface area (Å²) in [6.45, 7) is 2.84. The number of anilines is 1. The molecule has 1 amide bonds. The van der Waals surface area contributed by atoms with Gasteiger partial charge in [-0.3, -0.25) is 4.79 Å². The molecule has 3 nitrogen and oxygen atoms in total. The number of hydrogen-bond donors (Lipinski definition) is 0. The van der Waals surface area contributed by atoms with Crippen molar-refractivity contribution in [2.24, 2.45) is 0 Å². The van der Waals surface area contributed by atoms with E-state index in [2.05, 4.69) is 29.2 Å². The van der Waals surface area contributed by atoms with E-state index in [-0.39, 0.29) is 11.8 Å². The van der Waals surface area contributed by atoms with Crippen LogP contribution in [0.3, 0.4) is 0 Å². The second-order valence-electron chi connectivity index (χ2n) is 7.52. The van der Waals surface area contributed by atoms with Gasteiger partial charge >= 0.3 is 0 Å². The molecule has 1 aliphatic heterocycles. The fourth-order valence-corrected chi connectivity index (χ4v) is 4.45. The summed E-state index contributed by atoms with van der Waals surface area (Å²) in [6.07, 6.45) is 0.464. The van der Waals surface area contributed by atoms with Gasteiger partial charge in [-0.2, -0.15) is 0 Å². The molecule has 3 aromatic rings. The molecule has 0 unspecified atom stereocenters. The minimum atomic E-state index is 0.0558. The van der Waals surface area contributed by atoms with E-state index in [0.717, 1.165) is 18.8 Å². The highest BCUT2D eigenvalue weighted by atomic mass is 35.5. The third-order valence-corrected chi connectivity index (χ3v) is 6.50. The van der Waals surface area contributed by atoms with Crippen LogP contribution in [0.15, 0.2) is 78.9 Å². The third-order valence-electron chi connectivity index (χ3n) is 5.69. The topological polar surface area (TPSA) is 23.6 Å². The molecule has 1 heterocycles. The molecule has 0 aromatic heterocycles. The van der Waals surface area contributed by atoms with Crippen molar-refractivity contribution in [2.45, 2.75) is 12.3 Å². The van der Waals surface area contributed by atoms with Crippen molar-refractivity contribution in [3.05, 3.63) is 100 Å². The zero-order chi connectivity index (χ0) is 20.9. The van der Waals surface area contributed by atoms with E-state index in [4.69, 9.17) is 23.2 Å². The Kier molecular flexibility index (Phi) is 6.61. The minimum Gasteiger partial charge on any atom is -0.367 e. The summed E-state index contributed by atoms with van der Waals surface area (Å²) in [6, 6.07) is 26.2. The van der Waals surface area contributed by atoms with Gasteiger partial charge in [0.15, 0.2) is 0 Å². The van der Waals surface area contributed by atoms with Crippen molar-refractivity contribution in [1.82, 2.24) is 4.90 Å². The van der Waals surface area contributed by atoms with E-state index >= 15 is 0 Å². The average molecular weight is 439 g/mol. The molecule has 4 rings (SSSR count). The fourth-order valence-electron chi connectivity index (χ4n) is 4.04. The molecule has 5 heteroatoms. The highest BCUT2D eigenvalue weighted by Gasteiger charge is 2.26. The van der Waals surface area contributed by atoms with Crippen molar-refractivity contribution in [2.75, 3.05) is 31.1 Å².